The summed E-state index contributed by atoms with van der Waals surface area (Å²) < 4.78 is 39.6. The molecule has 0 aliphatic carbocycles. The number of aryl methyl sites for hydroxylation is 1. The fourth-order valence-corrected chi connectivity index (χ4v) is 2.20. The molecule has 0 saturated heterocycles. The summed E-state index contributed by atoms with van der Waals surface area (Å²) in [4.78, 5) is 0. The lowest BCUT2D eigenvalue weighted by atomic mass is 10.1. The minimum atomic E-state index is -4.56. The number of nitrogens with one attached hydrogen (secondary N) is 1. The van der Waals surface area contributed by atoms with Gasteiger partial charge in [-0.3, -0.25) is 0 Å². The van der Waals surface area contributed by atoms with Gasteiger partial charge >= 0.3 is 6.18 Å². The number of halogens is 4. The molecule has 0 aromatic heterocycles. The van der Waals surface area contributed by atoms with Gasteiger partial charge in [0, 0.05) is 15.8 Å². The third kappa shape index (κ3) is 3.56. The van der Waals surface area contributed by atoms with Crippen molar-refractivity contribution in [2.45, 2.75) is 13.1 Å². The summed E-state index contributed by atoms with van der Waals surface area (Å²) in [7, 11) is 0. The quantitative estimate of drug-likeness (QED) is 0.784. The normalized spacial score (nSPS) is 11.0. The van der Waals surface area contributed by atoms with Crippen LogP contribution in [0.4, 0.5) is 24.5 Å². The molecule has 2 aromatic rings. The Labute approximate surface area is 128 Å². The highest BCUT2D eigenvalue weighted by molar-refractivity contribution is 9.10. The molecule has 0 fully saturated rings. The van der Waals surface area contributed by atoms with E-state index in [2.05, 4.69) is 21.2 Å². The number of alkyl halides is 3. The monoisotopic (exact) mass is 354 g/mol. The van der Waals surface area contributed by atoms with Gasteiger partial charge in [-0.1, -0.05) is 22.0 Å². The maximum Gasteiger partial charge on any atom is 0.417 e. The average Bonchev–Trinajstić information content (AvgIpc) is 2.42. The Balaban J connectivity index is 2.42. The van der Waals surface area contributed by atoms with E-state index in [9.17, 15) is 13.2 Å². The molecule has 0 spiro atoms. The summed E-state index contributed by atoms with van der Waals surface area (Å²) in [6.07, 6.45) is -4.56. The van der Waals surface area contributed by atoms with Crippen LogP contribution in [-0.2, 0) is 6.18 Å². The van der Waals surface area contributed by atoms with E-state index in [0.29, 0.717) is 5.69 Å². The van der Waals surface area contributed by atoms with Crippen molar-refractivity contribution in [3.05, 3.63) is 57.6 Å². The van der Waals surface area contributed by atoms with Gasteiger partial charge in [0.05, 0.1) is 17.2 Å². The number of nitrogens with zero attached hydrogens (tertiary/aromatic N) is 1. The minimum absolute atomic E-state index is 0.280. The van der Waals surface area contributed by atoms with E-state index in [1.807, 2.05) is 19.1 Å². The Morgan fingerprint density at radius 1 is 1.14 bits per heavy atom. The topological polar surface area (TPSA) is 35.8 Å². The van der Waals surface area contributed by atoms with Crippen LogP contribution in [-0.4, -0.2) is 0 Å². The third-order valence-electron chi connectivity index (χ3n) is 2.92. The molecule has 1 N–H and O–H groups in total. The molecule has 0 bridgehead atoms. The lowest BCUT2D eigenvalue weighted by molar-refractivity contribution is -0.137. The van der Waals surface area contributed by atoms with E-state index in [4.69, 9.17) is 5.26 Å². The summed E-state index contributed by atoms with van der Waals surface area (Å²) in [6, 6.07) is 10.6. The van der Waals surface area contributed by atoms with Gasteiger partial charge in [-0.15, -0.1) is 0 Å². The Kier molecular flexibility index (Phi) is 4.24. The second-order valence-corrected chi connectivity index (χ2v) is 5.37. The predicted molar refractivity (Wildman–Crippen MR) is 78.3 cm³/mol. The van der Waals surface area contributed by atoms with Crippen LogP contribution in [0, 0.1) is 18.3 Å². The predicted octanol–water partition coefficient (Wildman–Crippen LogP) is 5.39. The fraction of sp³-hybridized carbons (Fsp3) is 0.133. The first-order valence-corrected chi connectivity index (χ1v) is 6.75. The minimum Gasteiger partial charge on any atom is -0.355 e. The molecule has 0 unspecified atom stereocenters. The average molecular weight is 355 g/mol. The molecule has 2 aromatic carbocycles. The van der Waals surface area contributed by atoms with Crippen molar-refractivity contribution in [1.82, 2.24) is 0 Å². The van der Waals surface area contributed by atoms with Gasteiger partial charge < -0.3 is 5.32 Å². The van der Waals surface area contributed by atoms with Gasteiger partial charge in [0.25, 0.3) is 0 Å². The number of rotatable bonds is 2. The highest BCUT2D eigenvalue weighted by Gasteiger charge is 2.33. The van der Waals surface area contributed by atoms with Crippen LogP contribution < -0.4 is 5.32 Å². The van der Waals surface area contributed by atoms with Crippen LogP contribution in [0.1, 0.15) is 16.7 Å². The number of benzene rings is 2. The third-order valence-corrected chi connectivity index (χ3v) is 3.42. The highest BCUT2D eigenvalue weighted by atomic mass is 79.9. The Hall–Kier alpha value is -2.00. The van der Waals surface area contributed by atoms with E-state index in [1.54, 1.807) is 12.1 Å². The van der Waals surface area contributed by atoms with Crippen molar-refractivity contribution in [3.63, 3.8) is 0 Å². The summed E-state index contributed by atoms with van der Waals surface area (Å²) in [5, 5.41) is 11.7. The zero-order valence-corrected chi connectivity index (χ0v) is 12.5. The maximum absolute atomic E-state index is 12.9. The zero-order chi connectivity index (χ0) is 15.6. The molecule has 0 saturated carbocycles. The zero-order valence-electron chi connectivity index (χ0n) is 10.9. The van der Waals surface area contributed by atoms with Gasteiger partial charge in [-0.05, 0) is 42.8 Å². The van der Waals surface area contributed by atoms with Gasteiger partial charge in [0.15, 0.2) is 0 Å². The van der Waals surface area contributed by atoms with Gasteiger partial charge in [0.1, 0.15) is 0 Å². The molecule has 2 rings (SSSR count). The first-order chi connectivity index (χ1) is 9.81. The van der Waals surface area contributed by atoms with Crippen molar-refractivity contribution in [1.29, 1.82) is 5.26 Å². The van der Waals surface area contributed by atoms with Gasteiger partial charge in [-0.2, -0.15) is 18.4 Å². The summed E-state index contributed by atoms with van der Waals surface area (Å²) in [6.45, 7) is 1.85. The second-order valence-electron chi connectivity index (χ2n) is 4.45. The molecule has 21 heavy (non-hydrogen) atoms. The second kappa shape index (κ2) is 5.78. The molecule has 2 nitrogen and oxygen atoms in total. The summed E-state index contributed by atoms with van der Waals surface area (Å²) >= 11 is 3.32. The fourth-order valence-electron chi connectivity index (χ4n) is 1.84. The first kappa shape index (κ1) is 15.4. The SMILES string of the molecule is Cc1ccc(Br)cc1Nc1ccc(C#N)c(C(F)(F)F)c1. The van der Waals surface area contributed by atoms with Crippen LogP contribution in [0.15, 0.2) is 40.9 Å². The van der Waals surface area contributed by atoms with E-state index >= 15 is 0 Å². The molecule has 0 amide bonds. The summed E-state index contributed by atoms with van der Waals surface area (Å²) in [5.41, 5.74) is 0.544. The molecular formula is C15H10BrF3N2. The number of hydrogen-bond acceptors (Lipinski definition) is 2. The molecule has 0 radical (unpaired) electrons. The van der Waals surface area contributed by atoms with Crippen molar-refractivity contribution in [2.75, 3.05) is 5.32 Å². The maximum atomic E-state index is 12.9. The van der Waals surface area contributed by atoms with Crippen LogP contribution in [0.5, 0.6) is 0 Å². The summed E-state index contributed by atoms with van der Waals surface area (Å²) in [5.74, 6) is 0. The van der Waals surface area contributed by atoms with Crippen molar-refractivity contribution in [3.8, 4) is 6.07 Å². The molecular weight excluding hydrogens is 345 g/mol. The lowest BCUT2D eigenvalue weighted by Crippen LogP contribution is -2.08. The van der Waals surface area contributed by atoms with Crippen LogP contribution >= 0.6 is 15.9 Å². The Bertz CT molecular complexity index is 718. The molecule has 0 aliphatic rings. The number of anilines is 2. The molecule has 6 heteroatoms. The number of hydrogen-bond donors (Lipinski definition) is 1. The lowest BCUT2D eigenvalue weighted by Gasteiger charge is -2.14. The van der Waals surface area contributed by atoms with Gasteiger partial charge in [-0.25, -0.2) is 0 Å². The van der Waals surface area contributed by atoms with E-state index in [1.165, 1.54) is 12.1 Å². The Morgan fingerprint density at radius 2 is 1.86 bits per heavy atom. The van der Waals surface area contributed by atoms with Crippen molar-refractivity contribution < 1.29 is 13.2 Å². The van der Waals surface area contributed by atoms with Crippen molar-refractivity contribution >= 4 is 27.3 Å². The van der Waals surface area contributed by atoms with Crippen LogP contribution in [0.3, 0.4) is 0 Å². The molecule has 108 valence electrons. The smallest absolute Gasteiger partial charge is 0.355 e. The molecule has 0 atom stereocenters. The van der Waals surface area contributed by atoms with Gasteiger partial charge in [0.2, 0.25) is 0 Å². The van der Waals surface area contributed by atoms with E-state index < -0.39 is 11.7 Å². The molecule has 0 heterocycles. The van der Waals surface area contributed by atoms with Crippen LogP contribution in [0.2, 0.25) is 0 Å². The van der Waals surface area contributed by atoms with Crippen molar-refractivity contribution in [2.24, 2.45) is 0 Å². The molecule has 0 aliphatic heterocycles. The van der Waals surface area contributed by atoms with Crippen LogP contribution in [0.25, 0.3) is 0 Å². The van der Waals surface area contributed by atoms with E-state index in [0.717, 1.165) is 16.1 Å². The highest BCUT2D eigenvalue weighted by Crippen LogP contribution is 2.34. The largest absolute Gasteiger partial charge is 0.417 e. The first-order valence-electron chi connectivity index (χ1n) is 5.96. The van der Waals surface area contributed by atoms with E-state index in [-0.39, 0.29) is 11.3 Å². The number of nitriles is 1. The standard InChI is InChI=1S/C15H10BrF3N2/c1-9-2-4-11(16)6-14(9)21-12-5-3-10(8-20)13(7-12)15(17,18)19/h2-7,21H,1H3. The Morgan fingerprint density at radius 3 is 2.48 bits per heavy atom.